The Morgan fingerprint density at radius 1 is 0.862 bits per heavy atom. The molecule has 0 fully saturated rings. The van der Waals surface area contributed by atoms with Crippen molar-refractivity contribution in [2.75, 3.05) is 0 Å². The second-order valence-corrected chi connectivity index (χ2v) is 7.78. The molecule has 1 aromatic heterocycles. The monoisotopic (exact) mass is 407 g/mol. The topological polar surface area (TPSA) is 30.7 Å². The van der Waals surface area contributed by atoms with Crippen LogP contribution < -0.4 is 0 Å². The third-order valence-electron chi connectivity index (χ3n) is 4.62. The van der Waals surface area contributed by atoms with Gasteiger partial charge in [0.1, 0.15) is 0 Å². The quantitative estimate of drug-likeness (QED) is 0.373. The van der Waals surface area contributed by atoms with Crippen LogP contribution in [0.15, 0.2) is 71.9 Å². The maximum Gasteiger partial charge on any atom is 0.196 e. The summed E-state index contributed by atoms with van der Waals surface area (Å²) in [5, 5.41) is 9.54. The maximum atomic E-state index is 13.5. The number of thioether (sulfide) groups is 1. The number of aromatic nitrogens is 3. The first-order valence-electron chi connectivity index (χ1n) is 9.18. The molecule has 146 valence electrons. The lowest BCUT2D eigenvalue weighted by atomic mass is 10.1. The van der Waals surface area contributed by atoms with Crippen molar-refractivity contribution in [3.63, 3.8) is 0 Å². The van der Waals surface area contributed by atoms with Gasteiger partial charge in [0.2, 0.25) is 0 Å². The van der Waals surface area contributed by atoms with Crippen molar-refractivity contribution in [3.8, 4) is 17.1 Å². The first kappa shape index (κ1) is 19.3. The van der Waals surface area contributed by atoms with Crippen LogP contribution in [0.3, 0.4) is 0 Å². The van der Waals surface area contributed by atoms with Crippen molar-refractivity contribution >= 4 is 11.8 Å². The molecule has 4 rings (SSSR count). The molecule has 0 amide bonds. The summed E-state index contributed by atoms with van der Waals surface area (Å²) < 4.78 is 28.8. The maximum absolute atomic E-state index is 13.5. The standard InChI is InChI=1S/C23H19F2N3S/c1-15-6-5-8-18(12-15)22-26-27-23(28(22)21-9-4-3-7-16(21)2)29-14-17-10-11-19(24)20(25)13-17/h3-13H,14H2,1-2H3. The summed E-state index contributed by atoms with van der Waals surface area (Å²) in [5.74, 6) is -0.488. The van der Waals surface area contributed by atoms with Gasteiger partial charge in [-0.3, -0.25) is 4.57 Å². The zero-order valence-electron chi connectivity index (χ0n) is 16.1. The lowest BCUT2D eigenvalue weighted by molar-refractivity contribution is 0.507. The van der Waals surface area contributed by atoms with Crippen LogP contribution in [0.25, 0.3) is 17.1 Å². The summed E-state index contributed by atoms with van der Waals surface area (Å²) in [7, 11) is 0. The first-order chi connectivity index (χ1) is 14.0. The molecule has 3 aromatic carbocycles. The van der Waals surface area contributed by atoms with Gasteiger partial charge in [-0.25, -0.2) is 8.78 Å². The summed E-state index contributed by atoms with van der Waals surface area (Å²) in [6.45, 7) is 4.08. The van der Waals surface area contributed by atoms with Gasteiger partial charge in [0, 0.05) is 11.3 Å². The molecule has 0 bridgehead atoms. The predicted octanol–water partition coefficient (Wildman–Crippen LogP) is 6.12. The van der Waals surface area contributed by atoms with Crippen LogP contribution in [-0.4, -0.2) is 14.8 Å². The lowest BCUT2D eigenvalue weighted by Gasteiger charge is -2.13. The van der Waals surface area contributed by atoms with Crippen molar-refractivity contribution in [1.82, 2.24) is 14.8 Å². The van der Waals surface area contributed by atoms with Crippen LogP contribution >= 0.6 is 11.8 Å². The molecule has 0 radical (unpaired) electrons. The highest BCUT2D eigenvalue weighted by Gasteiger charge is 2.18. The normalized spacial score (nSPS) is 11.0. The zero-order chi connectivity index (χ0) is 20.4. The van der Waals surface area contributed by atoms with E-state index in [-0.39, 0.29) is 0 Å². The molecule has 0 N–H and O–H groups in total. The fourth-order valence-electron chi connectivity index (χ4n) is 3.14. The van der Waals surface area contributed by atoms with E-state index in [1.807, 2.05) is 60.9 Å². The molecule has 0 spiro atoms. The molecule has 0 atom stereocenters. The molecule has 6 heteroatoms. The SMILES string of the molecule is Cc1cccc(-c2nnc(SCc3ccc(F)c(F)c3)n2-c2ccccc2C)c1. The largest absolute Gasteiger partial charge is 0.270 e. The van der Waals surface area contributed by atoms with E-state index in [1.165, 1.54) is 17.8 Å². The van der Waals surface area contributed by atoms with Crippen molar-refractivity contribution in [2.45, 2.75) is 24.8 Å². The van der Waals surface area contributed by atoms with Gasteiger partial charge < -0.3 is 0 Å². The summed E-state index contributed by atoms with van der Waals surface area (Å²) in [5.41, 5.74) is 4.88. The summed E-state index contributed by atoms with van der Waals surface area (Å²) in [4.78, 5) is 0. The molecular weight excluding hydrogens is 388 g/mol. The zero-order valence-corrected chi connectivity index (χ0v) is 16.9. The number of rotatable bonds is 5. The van der Waals surface area contributed by atoms with E-state index in [1.54, 1.807) is 6.07 Å². The molecule has 3 nitrogen and oxygen atoms in total. The van der Waals surface area contributed by atoms with Crippen molar-refractivity contribution in [2.24, 2.45) is 0 Å². The second-order valence-electron chi connectivity index (χ2n) is 6.83. The van der Waals surface area contributed by atoms with Gasteiger partial charge in [0.25, 0.3) is 0 Å². The van der Waals surface area contributed by atoms with Gasteiger partial charge in [-0.2, -0.15) is 0 Å². The van der Waals surface area contributed by atoms with Gasteiger partial charge in [-0.15, -0.1) is 10.2 Å². The van der Waals surface area contributed by atoms with E-state index in [0.717, 1.165) is 34.3 Å². The van der Waals surface area contributed by atoms with E-state index in [2.05, 4.69) is 16.3 Å². The van der Waals surface area contributed by atoms with Gasteiger partial charge in [0.15, 0.2) is 22.6 Å². The third kappa shape index (κ3) is 4.07. The molecule has 0 saturated heterocycles. The fraction of sp³-hybridized carbons (Fsp3) is 0.130. The molecule has 0 saturated carbocycles. The molecular formula is C23H19F2N3S. The average Bonchev–Trinajstić information content (AvgIpc) is 3.13. The minimum atomic E-state index is -0.844. The molecule has 0 aliphatic rings. The highest BCUT2D eigenvalue weighted by Crippen LogP contribution is 2.31. The van der Waals surface area contributed by atoms with Crippen LogP contribution in [0.2, 0.25) is 0 Å². The summed E-state index contributed by atoms with van der Waals surface area (Å²) in [6, 6.07) is 20.1. The molecule has 4 aromatic rings. The molecule has 0 unspecified atom stereocenters. The lowest BCUT2D eigenvalue weighted by Crippen LogP contribution is -2.02. The van der Waals surface area contributed by atoms with E-state index >= 15 is 0 Å². The smallest absolute Gasteiger partial charge is 0.196 e. The first-order valence-corrected chi connectivity index (χ1v) is 10.2. The van der Waals surface area contributed by atoms with Crippen LogP contribution in [0.4, 0.5) is 8.78 Å². The Kier molecular flexibility index (Phi) is 5.45. The molecule has 0 aliphatic heterocycles. The Morgan fingerprint density at radius 2 is 1.69 bits per heavy atom. The fourth-order valence-corrected chi connectivity index (χ4v) is 4.03. The Morgan fingerprint density at radius 3 is 2.45 bits per heavy atom. The predicted molar refractivity (Wildman–Crippen MR) is 112 cm³/mol. The number of aryl methyl sites for hydroxylation is 2. The van der Waals surface area contributed by atoms with Gasteiger partial charge >= 0.3 is 0 Å². The van der Waals surface area contributed by atoms with Gasteiger partial charge in [-0.1, -0.05) is 59.8 Å². The van der Waals surface area contributed by atoms with E-state index in [4.69, 9.17) is 0 Å². The molecule has 0 aliphatic carbocycles. The Labute approximate surface area is 172 Å². The Balaban J connectivity index is 1.76. The third-order valence-corrected chi connectivity index (χ3v) is 5.62. The summed E-state index contributed by atoms with van der Waals surface area (Å²) >= 11 is 1.44. The number of benzene rings is 3. The van der Waals surface area contributed by atoms with Crippen molar-refractivity contribution in [3.05, 3.63) is 95.1 Å². The summed E-state index contributed by atoms with van der Waals surface area (Å²) in [6.07, 6.45) is 0. The van der Waals surface area contributed by atoms with Gasteiger partial charge in [-0.05, 0) is 49.2 Å². The number of para-hydroxylation sites is 1. The van der Waals surface area contributed by atoms with E-state index in [9.17, 15) is 8.78 Å². The van der Waals surface area contributed by atoms with Crippen LogP contribution in [0, 0.1) is 25.5 Å². The molecule has 1 heterocycles. The van der Waals surface area contributed by atoms with Crippen molar-refractivity contribution < 1.29 is 8.78 Å². The number of halogens is 2. The minimum Gasteiger partial charge on any atom is -0.270 e. The molecule has 29 heavy (non-hydrogen) atoms. The number of nitrogens with zero attached hydrogens (tertiary/aromatic N) is 3. The van der Waals surface area contributed by atoms with Gasteiger partial charge in [0.05, 0.1) is 5.69 Å². The number of hydrogen-bond donors (Lipinski definition) is 0. The van der Waals surface area contributed by atoms with E-state index < -0.39 is 11.6 Å². The Hall–Kier alpha value is -2.99. The van der Waals surface area contributed by atoms with Crippen LogP contribution in [-0.2, 0) is 5.75 Å². The van der Waals surface area contributed by atoms with Crippen LogP contribution in [0.5, 0.6) is 0 Å². The number of hydrogen-bond acceptors (Lipinski definition) is 3. The minimum absolute atomic E-state index is 0.453. The second kappa shape index (κ2) is 8.17. The van der Waals surface area contributed by atoms with Crippen molar-refractivity contribution in [1.29, 1.82) is 0 Å². The highest BCUT2D eigenvalue weighted by atomic mass is 32.2. The Bertz CT molecular complexity index is 1170. The van der Waals surface area contributed by atoms with E-state index in [0.29, 0.717) is 16.5 Å². The van der Waals surface area contributed by atoms with Crippen LogP contribution in [0.1, 0.15) is 16.7 Å². The highest BCUT2D eigenvalue weighted by molar-refractivity contribution is 7.98. The average molecular weight is 407 g/mol.